The van der Waals surface area contributed by atoms with Gasteiger partial charge in [0, 0.05) is 18.4 Å². The van der Waals surface area contributed by atoms with Gasteiger partial charge in [0.2, 0.25) is 5.91 Å². The van der Waals surface area contributed by atoms with Gasteiger partial charge in [0.1, 0.15) is 5.82 Å². The highest BCUT2D eigenvalue weighted by molar-refractivity contribution is 6.03. The zero-order chi connectivity index (χ0) is 19.6. The summed E-state index contributed by atoms with van der Waals surface area (Å²) in [5.41, 5.74) is 0.967. The lowest BCUT2D eigenvalue weighted by molar-refractivity contribution is -0.116. The smallest absolute Gasteiger partial charge is 0.340 e. The van der Waals surface area contributed by atoms with Crippen molar-refractivity contribution in [1.29, 1.82) is 0 Å². The average molecular weight is 371 g/mol. The molecular weight excluding hydrogens is 349 g/mol. The minimum atomic E-state index is -0.498. The second-order valence-electron chi connectivity index (χ2n) is 6.01. The van der Waals surface area contributed by atoms with Crippen molar-refractivity contribution in [2.45, 2.75) is 32.6 Å². The lowest BCUT2D eigenvalue weighted by atomic mass is 10.1. The number of para-hydroxylation sites is 1. The molecule has 0 unspecified atom stereocenters. The van der Waals surface area contributed by atoms with Crippen LogP contribution in [-0.4, -0.2) is 24.3 Å². The quantitative estimate of drug-likeness (QED) is 0.403. The van der Waals surface area contributed by atoms with E-state index >= 15 is 0 Å². The van der Waals surface area contributed by atoms with Crippen molar-refractivity contribution in [2.24, 2.45) is 0 Å². The number of hydrogen-bond acceptors (Lipinski definition) is 4. The summed E-state index contributed by atoms with van der Waals surface area (Å²) in [6.07, 6.45) is 1.62. The third kappa shape index (κ3) is 6.33. The standard InChI is InChI=1S/C21H22FNO4/c1-2-3-14-27-21(26)17-6-4-5-7-18(17)23-20(25)13-12-19(24)15-8-10-16(22)11-9-15/h4-11H,2-3,12-14H2,1H3,(H,23,25). The number of carbonyl (C=O) groups is 3. The number of hydrogen-bond donors (Lipinski definition) is 1. The van der Waals surface area contributed by atoms with Crippen LogP contribution in [0, 0.1) is 5.82 Å². The molecule has 0 aliphatic heterocycles. The van der Waals surface area contributed by atoms with E-state index in [0.29, 0.717) is 17.9 Å². The Balaban J connectivity index is 1.92. The fraction of sp³-hybridized carbons (Fsp3) is 0.286. The van der Waals surface area contributed by atoms with Crippen molar-refractivity contribution < 1.29 is 23.5 Å². The number of rotatable bonds is 9. The molecule has 2 aromatic rings. The predicted molar refractivity (Wildman–Crippen MR) is 100 cm³/mol. The van der Waals surface area contributed by atoms with Crippen molar-refractivity contribution in [3.05, 3.63) is 65.5 Å². The molecule has 6 heteroatoms. The molecule has 27 heavy (non-hydrogen) atoms. The van der Waals surface area contributed by atoms with E-state index in [0.717, 1.165) is 12.8 Å². The zero-order valence-electron chi connectivity index (χ0n) is 15.2. The Bertz CT molecular complexity index is 802. The van der Waals surface area contributed by atoms with Crippen LogP contribution in [0.2, 0.25) is 0 Å². The Kier molecular flexibility index (Phi) is 7.67. The summed E-state index contributed by atoms with van der Waals surface area (Å²) in [6, 6.07) is 11.7. The van der Waals surface area contributed by atoms with Gasteiger partial charge in [0.15, 0.2) is 5.78 Å². The SMILES string of the molecule is CCCCOC(=O)c1ccccc1NC(=O)CCC(=O)c1ccc(F)cc1. The summed E-state index contributed by atoms with van der Waals surface area (Å²) in [6.45, 7) is 2.32. The van der Waals surface area contributed by atoms with Crippen LogP contribution in [0.15, 0.2) is 48.5 Å². The highest BCUT2D eigenvalue weighted by atomic mass is 19.1. The molecule has 142 valence electrons. The monoisotopic (exact) mass is 371 g/mol. The Morgan fingerprint density at radius 1 is 1.00 bits per heavy atom. The van der Waals surface area contributed by atoms with E-state index in [1.807, 2.05) is 6.92 Å². The first kappa shape index (κ1) is 20.3. The van der Waals surface area contributed by atoms with Crippen LogP contribution >= 0.6 is 0 Å². The average Bonchev–Trinajstić information content (AvgIpc) is 2.67. The molecule has 0 fully saturated rings. The Morgan fingerprint density at radius 3 is 2.41 bits per heavy atom. The van der Waals surface area contributed by atoms with Gasteiger partial charge in [-0.15, -0.1) is 0 Å². The van der Waals surface area contributed by atoms with Crippen LogP contribution < -0.4 is 5.32 Å². The third-order valence-corrected chi connectivity index (χ3v) is 3.90. The molecule has 2 rings (SSSR count). The molecule has 0 radical (unpaired) electrons. The van der Waals surface area contributed by atoms with E-state index in [2.05, 4.69) is 5.32 Å². The van der Waals surface area contributed by atoms with Gasteiger partial charge >= 0.3 is 5.97 Å². The van der Waals surface area contributed by atoms with Crippen LogP contribution in [-0.2, 0) is 9.53 Å². The summed E-state index contributed by atoms with van der Waals surface area (Å²) in [5, 5.41) is 2.65. The molecule has 0 saturated carbocycles. The number of Topliss-reactive ketones (excluding diaryl/α,β-unsaturated/α-hetero) is 1. The van der Waals surface area contributed by atoms with Crippen LogP contribution in [0.5, 0.6) is 0 Å². The Morgan fingerprint density at radius 2 is 1.70 bits per heavy atom. The van der Waals surface area contributed by atoms with Gasteiger partial charge in [0.25, 0.3) is 0 Å². The minimum absolute atomic E-state index is 0.0133. The second kappa shape index (κ2) is 10.2. The first-order chi connectivity index (χ1) is 13.0. The van der Waals surface area contributed by atoms with Gasteiger partial charge in [-0.3, -0.25) is 9.59 Å². The van der Waals surface area contributed by atoms with Crippen LogP contribution in [0.25, 0.3) is 0 Å². The van der Waals surface area contributed by atoms with E-state index in [1.165, 1.54) is 24.3 Å². The number of esters is 1. The molecule has 0 aliphatic rings. The molecule has 1 amide bonds. The maximum Gasteiger partial charge on any atom is 0.340 e. The maximum atomic E-state index is 12.9. The third-order valence-electron chi connectivity index (χ3n) is 3.90. The molecule has 0 bridgehead atoms. The second-order valence-corrected chi connectivity index (χ2v) is 6.01. The summed E-state index contributed by atoms with van der Waals surface area (Å²) in [4.78, 5) is 36.4. The van der Waals surface area contributed by atoms with Gasteiger partial charge in [-0.1, -0.05) is 25.5 Å². The van der Waals surface area contributed by atoms with E-state index in [-0.39, 0.29) is 30.1 Å². The van der Waals surface area contributed by atoms with Crippen LogP contribution in [0.4, 0.5) is 10.1 Å². The molecule has 1 N–H and O–H groups in total. The molecule has 0 saturated heterocycles. The predicted octanol–water partition coefficient (Wildman–Crippen LogP) is 4.38. The lowest BCUT2D eigenvalue weighted by Gasteiger charge is -2.11. The Hall–Kier alpha value is -3.02. The topological polar surface area (TPSA) is 72.5 Å². The molecular formula is C21H22FNO4. The lowest BCUT2D eigenvalue weighted by Crippen LogP contribution is -2.17. The molecule has 0 aliphatic carbocycles. The van der Waals surface area contributed by atoms with Gasteiger partial charge < -0.3 is 10.1 Å². The van der Waals surface area contributed by atoms with Crippen LogP contribution in [0.1, 0.15) is 53.3 Å². The number of unbranched alkanes of at least 4 members (excludes halogenated alkanes) is 1. The zero-order valence-corrected chi connectivity index (χ0v) is 15.2. The van der Waals surface area contributed by atoms with Crippen molar-refractivity contribution >= 4 is 23.3 Å². The van der Waals surface area contributed by atoms with Gasteiger partial charge in [-0.25, -0.2) is 9.18 Å². The number of carbonyl (C=O) groups excluding carboxylic acids is 3. The highest BCUT2D eigenvalue weighted by Crippen LogP contribution is 2.17. The van der Waals surface area contributed by atoms with E-state index in [1.54, 1.807) is 24.3 Å². The number of ketones is 1. The van der Waals surface area contributed by atoms with E-state index in [9.17, 15) is 18.8 Å². The van der Waals surface area contributed by atoms with Crippen molar-refractivity contribution in [1.82, 2.24) is 0 Å². The van der Waals surface area contributed by atoms with Crippen molar-refractivity contribution in [2.75, 3.05) is 11.9 Å². The van der Waals surface area contributed by atoms with Gasteiger partial charge in [-0.05, 0) is 42.8 Å². The van der Waals surface area contributed by atoms with E-state index in [4.69, 9.17) is 4.74 Å². The van der Waals surface area contributed by atoms with Gasteiger partial charge in [-0.2, -0.15) is 0 Å². The Labute approximate surface area is 157 Å². The number of ether oxygens (including phenoxy) is 1. The molecule has 0 aromatic heterocycles. The summed E-state index contributed by atoms with van der Waals surface area (Å²) in [5.74, 6) is -1.56. The normalized spacial score (nSPS) is 10.3. The number of amides is 1. The first-order valence-corrected chi connectivity index (χ1v) is 8.86. The van der Waals surface area contributed by atoms with Crippen LogP contribution in [0.3, 0.4) is 0 Å². The molecule has 2 aromatic carbocycles. The highest BCUT2D eigenvalue weighted by Gasteiger charge is 2.15. The first-order valence-electron chi connectivity index (χ1n) is 8.86. The molecule has 5 nitrogen and oxygen atoms in total. The largest absolute Gasteiger partial charge is 0.462 e. The van der Waals surface area contributed by atoms with Crippen molar-refractivity contribution in [3.63, 3.8) is 0 Å². The molecule has 0 heterocycles. The number of halogens is 1. The summed E-state index contributed by atoms with van der Waals surface area (Å²) < 4.78 is 18.1. The fourth-order valence-electron chi connectivity index (χ4n) is 2.38. The number of benzene rings is 2. The molecule has 0 atom stereocenters. The summed E-state index contributed by atoms with van der Waals surface area (Å²) in [7, 11) is 0. The fourth-order valence-corrected chi connectivity index (χ4v) is 2.38. The maximum absolute atomic E-state index is 12.9. The number of nitrogens with one attached hydrogen (secondary N) is 1. The van der Waals surface area contributed by atoms with E-state index < -0.39 is 11.8 Å². The molecule has 0 spiro atoms. The van der Waals surface area contributed by atoms with Gasteiger partial charge in [0.05, 0.1) is 17.9 Å². The summed E-state index contributed by atoms with van der Waals surface area (Å²) >= 11 is 0. The number of anilines is 1. The van der Waals surface area contributed by atoms with Crippen molar-refractivity contribution in [3.8, 4) is 0 Å². The minimum Gasteiger partial charge on any atom is -0.462 e.